The quantitative estimate of drug-likeness (QED) is 0.779. The minimum absolute atomic E-state index is 0.0356. The number of hydrogen-bond donors (Lipinski definition) is 2. The molecular formula is C15H27N3O2. The molecule has 5 heteroatoms. The number of carbonyl (C=O) groups excluding carboxylic acids is 1. The summed E-state index contributed by atoms with van der Waals surface area (Å²) < 4.78 is 5.31. The Morgan fingerprint density at radius 3 is 2.45 bits per heavy atom. The van der Waals surface area contributed by atoms with Gasteiger partial charge in [-0.2, -0.15) is 0 Å². The van der Waals surface area contributed by atoms with Gasteiger partial charge in [-0.15, -0.1) is 0 Å². The number of piperidine rings is 2. The van der Waals surface area contributed by atoms with E-state index in [4.69, 9.17) is 10.5 Å². The highest BCUT2D eigenvalue weighted by atomic mass is 16.5. The zero-order chi connectivity index (χ0) is 14.2. The van der Waals surface area contributed by atoms with Crippen molar-refractivity contribution in [3.63, 3.8) is 0 Å². The Hall–Kier alpha value is -0.650. The predicted molar refractivity (Wildman–Crippen MR) is 77.3 cm³/mol. The van der Waals surface area contributed by atoms with E-state index in [1.54, 1.807) is 0 Å². The minimum atomic E-state index is -0.712. The number of nitrogens with zero attached hydrogens (tertiary/aromatic N) is 1. The first kappa shape index (κ1) is 14.3. The standard InChI is InChI=1S/C15H27N3O2/c1-18-12-3-2-4-13(18)10-11(9-12)17-14(19)15(16)5-7-20-8-6-15/h11-13H,2-10,16H2,1H3,(H,17,19). The molecule has 0 aromatic heterocycles. The van der Waals surface area contributed by atoms with E-state index in [1.807, 2.05) is 0 Å². The zero-order valence-corrected chi connectivity index (χ0v) is 12.4. The van der Waals surface area contributed by atoms with Crippen LogP contribution in [0.25, 0.3) is 0 Å². The number of amides is 1. The number of nitrogens with two attached hydrogens (primary N) is 1. The van der Waals surface area contributed by atoms with Gasteiger partial charge in [-0.05, 0) is 45.6 Å². The van der Waals surface area contributed by atoms with Gasteiger partial charge >= 0.3 is 0 Å². The van der Waals surface area contributed by atoms with E-state index in [0.29, 0.717) is 44.2 Å². The molecule has 2 atom stereocenters. The van der Waals surface area contributed by atoms with Crippen molar-refractivity contribution < 1.29 is 9.53 Å². The number of fused-ring (bicyclic) bond motifs is 2. The van der Waals surface area contributed by atoms with Crippen LogP contribution in [0.1, 0.15) is 44.9 Å². The molecule has 3 aliphatic heterocycles. The van der Waals surface area contributed by atoms with Crippen LogP contribution in [0.15, 0.2) is 0 Å². The summed E-state index contributed by atoms with van der Waals surface area (Å²) >= 11 is 0. The van der Waals surface area contributed by atoms with Crippen molar-refractivity contribution in [2.45, 2.75) is 68.6 Å². The molecule has 0 radical (unpaired) electrons. The van der Waals surface area contributed by atoms with Gasteiger partial charge in [0.15, 0.2) is 0 Å². The van der Waals surface area contributed by atoms with E-state index >= 15 is 0 Å². The maximum atomic E-state index is 12.5. The fourth-order valence-corrected chi connectivity index (χ4v) is 4.03. The van der Waals surface area contributed by atoms with Crippen molar-refractivity contribution in [2.24, 2.45) is 5.73 Å². The van der Waals surface area contributed by atoms with Crippen molar-refractivity contribution >= 4 is 5.91 Å². The van der Waals surface area contributed by atoms with E-state index in [-0.39, 0.29) is 5.91 Å². The summed E-state index contributed by atoms with van der Waals surface area (Å²) in [6, 6.07) is 1.57. The van der Waals surface area contributed by atoms with Gasteiger partial charge in [-0.3, -0.25) is 4.79 Å². The van der Waals surface area contributed by atoms with E-state index in [9.17, 15) is 4.79 Å². The second-order valence-electron chi connectivity index (χ2n) is 6.81. The minimum Gasteiger partial charge on any atom is -0.381 e. The molecule has 3 fully saturated rings. The molecule has 3 rings (SSSR count). The molecule has 2 bridgehead atoms. The normalized spacial score (nSPS) is 37.4. The Balaban J connectivity index is 1.59. The highest BCUT2D eigenvalue weighted by Gasteiger charge is 2.40. The van der Waals surface area contributed by atoms with Crippen molar-refractivity contribution in [2.75, 3.05) is 20.3 Å². The van der Waals surface area contributed by atoms with Gasteiger partial charge < -0.3 is 20.7 Å². The van der Waals surface area contributed by atoms with Crippen molar-refractivity contribution in [3.05, 3.63) is 0 Å². The first-order chi connectivity index (χ1) is 9.58. The Bertz CT molecular complexity index is 354. The number of hydrogen-bond acceptors (Lipinski definition) is 4. The van der Waals surface area contributed by atoms with Crippen LogP contribution in [0, 0.1) is 0 Å². The van der Waals surface area contributed by atoms with Crippen molar-refractivity contribution in [1.29, 1.82) is 0 Å². The summed E-state index contributed by atoms with van der Waals surface area (Å²) in [5.74, 6) is 0.0356. The summed E-state index contributed by atoms with van der Waals surface area (Å²) in [6.45, 7) is 1.20. The molecule has 0 aromatic carbocycles. The Morgan fingerprint density at radius 2 is 1.85 bits per heavy atom. The van der Waals surface area contributed by atoms with E-state index in [1.165, 1.54) is 19.3 Å². The van der Waals surface area contributed by atoms with E-state index < -0.39 is 5.54 Å². The van der Waals surface area contributed by atoms with Crippen LogP contribution in [-0.2, 0) is 9.53 Å². The molecular weight excluding hydrogens is 254 g/mol. The number of ether oxygens (including phenoxy) is 1. The fourth-order valence-electron chi connectivity index (χ4n) is 4.03. The number of carbonyl (C=O) groups is 1. The fraction of sp³-hybridized carbons (Fsp3) is 0.933. The van der Waals surface area contributed by atoms with Gasteiger partial charge in [0.2, 0.25) is 5.91 Å². The highest BCUT2D eigenvalue weighted by molar-refractivity contribution is 5.86. The van der Waals surface area contributed by atoms with Gasteiger partial charge in [0, 0.05) is 31.3 Å². The molecule has 3 aliphatic rings. The van der Waals surface area contributed by atoms with Crippen molar-refractivity contribution in [3.8, 4) is 0 Å². The lowest BCUT2D eigenvalue weighted by Crippen LogP contribution is -2.61. The first-order valence-electron chi connectivity index (χ1n) is 7.98. The largest absolute Gasteiger partial charge is 0.381 e. The predicted octanol–water partition coefficient (Wildman–Crippen LogP) is 0.626. The third kappa shape index (κ3) is 2.71. The molecule has 2 unspecified atom stereocenters. The molecule has 114 valence electrons. The van der Waals surface area contributed by atoms with Crippen LogP contribution in [0.5, 0.6) is 0 Å². The summed E-state index contributed by atoms with van der Waals surface area (Å²) in [5, 5.41) is 3.23. The number of rotatable bonds is 2. The first-order valence-corrected chi connectivity index (χ1v) is 7.98. The molecule has 0 aliphatic carbocycles. The van der Waals surface area contributed by atoms with Gasteiger partial charge in [0.25, 0.3) is 0 Å². The van der Waals surface area contributed by atoms with Gasteiger partial charge in [-0.25, -0.2) is 0 Å². The van der Waals surface area contributed by atoms with Crippen LogP contribution < -0.4 is 11.1 Å². The second kappa shape index (κ2) is 5.62. The molecule has 3 saturated heterocycles. The molecule has 20 heavy (non-hydrogen) atoms. The Labute approximate surface area is 121 Å². The van der Waals surface area contributed by atoms with E-state index in [0.717, 1.165) is 12.8 Å². The Kier molecular flexibility index (Phi) is 4.02. The molecule has 0 saturated carbocycles. The second-order valence-corrected chi connectivity index (χ2v) is 6.81. The summed E-state index contributed by atoms with van der Waals surface area (Å²) in [4.78, 5) is 15.0. The topological polar surface area (TPSA) is 67.6 Å². The molecule has 3 N–H and O–H groups in total. The summed E-state index contributed by atoms with van der Waals surface area (Å²) in [7, 11) is 2.23. The number of nitrogens with one attached hydrogen (secondary N) is 1. The SMILES string of the molecule is CN1C2CCCC1CC(NC(=O)C1(N)CCOCC1)C2. The molecule has 1 amide bonds. The lowest BCUT2D eigenvalue weighted by molar-refractivity contribution is -0.131. The average molecular weight is 281 g/mol. The van der Waals surface area contributed by atoms with E-state index in [2.05, 4.69) is 17.3 Å². The molecule has 5 nitrogen and oxygen atoms in total. The average Bonchev–Trinajstić information content (AvgIpc) is 2.41. The van der Waals surface area contributed by atoms with Gasteiger partial charge in [-0.1, -0.05) is 6.42 Å². The molecule has 0 aromatic rings. The van der Waals surface area contributed by atoms with Gasteiger partial charge in [0.05, 0.1) is 5.54 Å². The Morgan fingerprint density at radius 1 is 1.25 bits per heavy atom. The van der Waals surface area contributed by atoms with Crippen LogP contribution >= 0.6 is 0 Å². The maximum absolute atomic E-state index is 12.5. The lowest BCUT2D eigenvalue weighted by Gasteiger charge is -2.47. The summed E-state index contributed by atoms with van der Waals surface area (Å²) in [5.41, 5.74) is 5.55. The van der Waals surface area contributed by atoms with Gasteiger partial charge in [0.1, 0.15) is 0 Å². The molecule has 3 heterocycles. The summed E-state index contributed by atoms with van der Waals surface area (Å²) in [6.07, 6.45) is 7.29. The van der Waals surface area contributed by atoms with Crippen molar-refractivity contribution in [1.82, 2.24) is 10.2 Å². The monoisotopic (exact) mass is 281 g/mol. The zero-order valence-electron chi connectivity index (χ0n) is 12.4. The molecule has 0 spiro atoms. The third-order valence-corrected chi connectivity index (χ3v) is 5.51. The third-order valence-electron chi connectivity index (χ3n) is 5.51. The van der Waals surface area contributed by atoms with Crippen LogP contribution in [-0.4, -0.2) is 54.7 Å². The maximum Gasteiger partial charge on any atom is 0.240 e. The van der Waals surface area contributed by atoms with Crippen LogP contribution in [0.2, 0.25) is 0 Å². The van der Waals surface area contributed by atoms with Crippen LogP contribution in [0.4, 0.5) is 0 Å². The highest BCUT2D eigenvalue weighted by Crippen LogP contribution is 2.33. The lowest BCUT2D eigenvalue weighted by atomic mass is 9.81. The smallest absolute Gasteiger partial charge is 0.240 e. The van der Waals surface area contributed by atoms with Crippen LogP contribution in [0.3, 0.4) is 0 Å².